The molecule has 112 valence electrons. The van der Waals surface area contributed by atoms with Gasteiger partial charge in [-0.05, 0) is 49.9 Å². The van der Waals surface area contributed by atoms with Crippen LogP contribution in [-0.4, -0.2) is 25.1 Å². The molecule has 1 aliphatic rings. The van der Waals surface area contributed by atoms with E-state index >= 15 is 0 Å². The van der Waals surface area contributed by atoms with Crippen LogP contribution in [0.2, 0.25) is 0 Å². The maximum atomic E-state index is 5.99. The van der Waals surface area contributed by atoms with Gasteiger partial charge in [-0.15, -0.1) is 0 Å². The molecule has 3 nitrogen and oxygen atoms in total. The average molecular weight is 276 g/mol. The van der Waals surface area contributed by atoms with Gasteiger partial charge in [0.2, 0.25) is 0 Å². The van der Waals surface area contributed by atoms with Crippen molar-refractivity contribution in [2.45, 2.75) is 45.7 Å². The summed E-state index contributed by atoms with van der Waals surface area (Å²) in [5, 5.41) is 0. The predicted molar refractivity (Wildman–Crippen MR) is 83.9 cm³/mol. The van der Waals surface area contributed by atoms with Gasteiger partial charge < -0.3 is 10.5 Å². The van der Waals surface area contributed by atoms with Crippen LogP contribution in [0.25, 0.3) is 0 Å². The van der Waals surface area contributed by atoms with Crippen molar-refractivity contribution in [3.05, 3.63) is 29.3 Å². The van der Waals surface area contributed by atoms with E-state index < -0.39 is 0 Å². The van der Waals surface area contributed by atoms with Crippen LogP contribution < -0.4 is 10.5 Å². The Balaban J connectivity index is 2.09. The first-order valence-electron chi connectivity index (χ1n) is 7.78. The molecule has 1 unspecified atom stereocenters. The minimum Gasteiger partial charge on any atom is -0.496 e. The van der Waals surface area contributed by atoms with Crippen LogP contribution in [0.3, 0.4) is 0 Å². The van der Waals surface area contributed by atoms with Crippen molar-refractivity contribution in [1.82, 2.24) is 4.90 Å². The fourth-order valence-corrected chi connectivity index (χ4v) is 2.79. The zero-order valence-corrected chi connectivity index (χ0v) is 13.1. The summed E-state index contributed by atoms with van der Waals surface area (Å²) in [5.74, 6) is 1.87. The minimum absolute atomic E-state index is 0.0707. The lowest BCUT2D eigenvalue weighted by atomic mass is 9.85. The van der Waals surface area contributed by atoms with Crippen molar-refractivity contribution in [3.63, 3.8) is 0 Å². The molecule has 0 aliphatic heterocycles. The smallest absolute Gasteiger partial charge is 0.123 e. The van der Waals surface area contributed by atoms with E-state index in [1.54, 1.807) is 7.11 Å². The highest BCUT2D eigenvalue weighted by Gasteiger charge is 2.20. The van der Waals surface area contributed by atoms with Crippen molar-refractivity contribution in [2.75, 3.05) is 20.2 Å². The van der Waals surface area contributed by atoms with Gasteiger partial charge in [-0.3, -0.25) is 4.90 Å². The molecule has 20 heavy (non-hydrogen) atoms. The molecule has 0 saturated heterocycles. The van der Waals surface area contributed by atoms with Crippen molar-refractivity contribution in [1.29, 1.82) is 0 Å². The van der Waals surface area contributed by atoms with E-state index in [1.807, 2.05) is 13.0 Å². The fourth-order valence-electron chi connectivity index (χ4n) is 2.79. The van der Waals surface area contributed by atoms with Gasteiger partial charge in [-0.2, -0.15) is 0 Å². The van der Waals surface area contributed by atoms with E-state index in [9.17, 15) is 0 Å². The number of rotatable bonds is 7. The highest BCUT2D eigenvalue weighted by atomic mass is 16.5. The van der Waals surface area contributed by atoms with Crippen molar-refractivity contribution in [3.8, 4) is 5.75 Å². The number of hydrogen-bond acceptors (Lipinski definition) is 3. The largest absolute Gasteiger partial charge is 0.496 e. The van der Waals surface area contributed by atoms with Gasteiger partial charge in [0.15, 0.2) is 0 Å². The maximum absolute atomic E-state index is 5.99. The Labute approximate surface area is 123 Å². The fraction of sp³-hybridized carbons (Fsp3) is 0.647. The molecule has 1 saturated carbocycles. The first kappa shape index (κ1) is 15.3. The van der Waals surface area contributed by atoms with Gasteiger partial charge in [-0.25, -0.2) is 0 Å². The Kier molecular flexibility index (Phi) is 5.44. The lowest BCUT2D eigenvalue weighted by molar-refractivity contribution is 0.177. The van der Waals surface area contributed by atoms with E-state index in [-0.39, 0.29) is 6.04 Å². The van der Waals surface area contributed by atoms with E-state index in [0.29, 0.717) is 0 Å². The second-order valence-electron chi connectivity index (χ2n) is 5.98. The van der Waals surface area contributed by atoms with Gasteiger partial charge in [-0.1, -0.05) is 19.4 Å². The molecule has 0 heterocycles. The van der Waals surface area contributed by atoms with Crippen LogP contribution in [0, 0.1) is 5.92 Å². The molecule has 0 spiro atoms. The highest BCUT2D eigenvalue weighted by Crippen LogP contribution is 2.29. The van der Waals surface area contributed by atoms with Gasteiger partial charge >= 0.3 is 0 Å². The predicted octanol–water partition coefficient (Wildman–Crippen LogP) is 3.34. The van der Waals surface area contributed by atoms with Crippen LogP contribution in [0.5, 0.6) is 5.75 Å². The number of methoxy groups -OCH3 is 1. The number of hydrogen-bond donors (Lipinski definition) is 1. The quantitative estimate of drug-likeness (QED) is 0.830. The molecule has 3 heteroatoms. The van der Waals surface area contributed by atoms with Crippen LogP contribution in [-0.2, 0) is 6.54 Å². The van der Waals surface area contributed by atoms with Crippen LogP contribution in [0.15, 0.2) is 18.2 Å². The topological polar surface area (TPSA) is 38.5 Å². The summed E-state index contributed by atoms with van der Waals surface area (Å²) in [6.07, 6.45) is 4.20. The zero-order valence-electron chi connectivity index (χ0n) is 13.1. The zero-order chi connectivity index (χ0) is 14.5. The number of nitrogens with zero attached hydrogens (tertiary/aromatic N) is 1. The Morgan fingerprint density at radius 3 is 2.65 bits per heavy atom. The molecule has 1 fully saturated rings. The van der Waals surface area contributed by atoms with E-state index in [0.717, 1.165) is 24.8 Å². The third-order valence-electron chi connectivity index (χ3n) is 4.41. The van der Waals surface area contributed by atoms with Crippen LogP contribution in [0.1, 0.15) is 50.3 Å². The van der Waals surface area contributed by atoms with E-state index in [2.05, 4.69) is 24.0 Å². The molecule has 0 amide bonds. The molecule has 2 N–H and O–H groups in total. The monoisotopic (exact) mass is 276 g/mol. The summed E-state index contributed by atoms with van der Waals surface area (Å²) in [6.45, 7) is 7.51. The second-order valence-corrected chi connectivity index (χ2v) is 5.98. The summed E-state index contributed by atoms with van der Waals surface area (Å²) in [4.78, 5) is 2.52. The molecule has 0 radical (unpaired) electrons. The molecule has 0 bridgehead atoms. The molecule has 1 aromatic carbocycles. The van der Waals surface area contributed by atoms with Crippen LogP contribution >= 0.6 is 0 Å². The third-order valence-corrected chi connectivity index (χ3v) is 4.41. The molecule has 1 aliphatic carbocycles. The van der Waals surface area contributed by atoms with Gasteiger partial charge in [0.05, 0.1) is 7.11 Å². The van der Waals surface area contributed by atoms with Gasteiger partial charge in [0.25, 0.3) is 0 Å². The molecule has 1 aromatic rings. The summed E-state index contributed by atoms with van der Waals surface area (Å²) < 4.78 is 5.50. The average Bonchev–Trinajstić information content (AvgIpc) is 2.40. The normalized spacial score (nSPS) is 17.1. The first-order chi connectivity index (χ1) is 9.63. The summed E-state index contributed by atoms with van der Waals surface area (Å²) in [5.41, 5.74) is 8.43. The molecule has 2 rings (SSSR count). The first-order valence-corrected chi connectivity index (χ1v) is 7.78. The molecular formula is C17H28N2O. The third kappa shape index (κ3) is 3.74. The summed E-state index contributed by atoms with van der Waals surface area (Å²) in [6, 6.07) is 6.38. The van der Waals surface area contributed by atoms with Gasteiger partial charge in [0.1, 0.15) is 5.75 Å². The molecule has 0 aromatic heterocycles. The number of nitrogens with two attached hydrogens (primary N) is 1. The van der Waals surface area contributed by atoms with Gasteiger partial charge in [0, 0.05) is 24.7 Å². The summed E-state index contributed by atoms with van der Waals surface area (Å²) in [7, 11) is 1.74. The van der Waals surface area contributed by atoms with Crippen molar-refractivity contribution < 1.29 is 4.74 Å². The Morgan fingerprint density at radius 1 is 1.40 bits per heavy atom. The minimum atomic E-state index is 0.0707. The van der Waals surface area contributed by atoms with E-state index in [4.69, 9.17) is 10.5 Å². The maximum Gasteiger partial charge on any atom is 0.123 e. The highest BCUT2D eigenvalue weighted by molar-refractivity contribution is 5.38. The Bertz CT molecular complexity index is 427. The SMILES string of the molecule is CCN(Cc1cc(C(C)N)ccc1OC)CC1CCC1. The standard InChI is InChI=1S/C17H28N2O/c1-4-19(11-14-6-5-7-14)12-16-10-15(13(2)18)8-9-17(16)20-3/h8-10,13-14H,4-7,11-12,18H2,1-3H3. The lowest BCUT2D eigenvalue weighted by Crippen LogP contribution is -2.32. The Morgan fingerprint density at radius 2 is 2.15 bits per heavy atom. The lowest BCUT2D eigenvalue weighted by Gasteiger charge is -2.32. The van der Waals surface area contributed by atoms with Crippen molar-refractivity contribution >= 4 is 0 Å². The van der Waals surface area contributed by atoms with Crippen LogP contribution in [0.4, 0.5) is 0 Å². The summed E-state index contributed by atoms with van der Waals surface area (Å²) >= 11 is 0. The molecule has 1 atom stereocenters. The number of ether oxygens (including phenoxy) is 1. The van der Waals surface area contributed by atoms with E-state index in [1.165, 1.54) is 36.9 Å². The van der Waals surface area contributed by atoms with Crippen molar-refractivity contribution in [2.24, 2.45) is 11.7 Å². The Hall–Kier alpha value is -1.06. The second kappa shape index (κ2) is 7.09. The molecular weight excluding hydrogens is 248 g/mol. The number of benzene rings is 1.